The molecule has 2 rings (SSSR count). The van der Waals surface area contributed by atoms with Gasteiger partial charge in [-0.3, -0.25) is 0 Å². The smallest absolute Gasteiger partial charge is 0.122 e. The summed E-state index contributed by atoms with van der Waals surface area (Å²) in [6.45, 7) is 3.12. The van der Waals surface area contributed by atoms with Crippen LogP contribution in [-0.4, -0.2) is 13.7 Å². The summed E-state index contributed by atoms with van der Waals surface area (Å²) in [5.74, 6) is 1.77. The van der Waals surface area contributed by atoms with Crippen molar-refractivity contribution in [3.05, 3.63) is 28.2 Å². The number of nitrogens with two attached hydrogens (primary N) is 1. The number of ether oxygens (including phenoxy) is 1. The minimum absolute atomic E-state index is 0.256. The normalized spacial score (nSPS) is 27.3. The molecule has 3 heteroatoms. The molecule has 1 aliphatic carbocycles. The summed E-state index contributed by atoms with van der Waals surface area (Å²) in [5.41, 5.74) is 7.66. The molecule has 1 aromatic rings. The van der Waals surface area contributed by atoms with Crippen LogP contribution in [0.4, 0.5) is 0 Å². The highest BCUT2D eigenvalue weighted by atomic mass is 79.9. The summed E-state index contributed by atoms with van der Waals surface area (Å²) in [6.07, 6.45) is 6.14. The molecule has 106 valence electrons. The van der Waals surface area contributed by atoms with Crippen LogP contribution in [0.5, 0.6) is 5.75 Å². The van der Waals surface area contributed by atoms with Crippen LogP contribution in [0.15, 0.2) is 22.7 Å². The van der Waals surface area contributed by atoms with Crippen molar-refractivity contribution in [3.63, 3.8) is 0 Å². The number of methoxy groups -OCH3 is 1. The molecule has 2 unspecified atom stereocenters. The Balaban J connectivity index is 2.24. The lowest BCUT2D eigenvalue weighted by Gasteiger charge is -2.39. The SMILES string of the molecule is COc1ccc(Br)cc1CC1(CN)CCCC(C)C1. The van der Waals surface area contributed by atoms with Crippen LogP contribution in [0.3, 0.4) is 0 Å². The van der Waals surface area contributed by atoms with Gasteiger partial charge in [-0.1, -0.05) is 35.7 Å². The molecule has 2 atom stereocenters. The molecule has 2 N–H and O–H groups in total. The van der Waals surface area contributed by atoms with E-state index in [1.807, 2.05) is 12.1 Å². The first-order chi connectivity index (χ1) is 9.08. The lowest BCUT2D eigenvalue weighted by Crippen LogP contribution is -2.37. The predicted molar refractivity (Wildman–Crippen MR) is 83.5 cm³/mol. The van der Waals surface area contributed by atoms with Crippen molar-refractivity contribution in [2.24, 2.45) is 17.1 Å². The fraction of sp³-hybridized carbons (Fsp3) is 0.625. The fourth-order valence-electron chi connectivity index (χ4n) is 3.48. The fourth-order valence-corrected chi connectivity index (χ4v) is 3.88. The molecule has 0 heterocycles. The van der Waals surface area contributed by atoms with Crippen LogP contribution >= 0.6 is 15.9 Å². The Kier molecular flexibility index (Phi) is 4.91. The number of rotatable bonds is 4. The van der Waals surface area contributed by atoms with Crippen molar-refractivity contribution in [2.75, 3.05) is 13.7 Å². The highest BCUT2D eigenvalue weighted by Gasteiger charge is 2.34. The van der Waals surface area contributed by atoms with E-state index in [9.17, 15) is 0 Å². The third kappa shape index (κ3) is 3.51. The number of benzene rings is 1. The van der Waals surface area contributed by atoms with Gasteiger partial charge in [0, 0.05) is 4.47 Å². The highest BCUT2D eigenvalue weighted by Crippen LogP contribution is 2.42. The zero-order valence-corrected chi connectivity index (χ0v) is 13.5. The first-order valence-corrected chi connectivity index (χ1v) is 7.90. The molecule has 0 amide bonds. The van der Waals surface area contributed by atoms with Crippen LogP contribution in [0.2, 0.25) is 0 Å². The summed E-state index contributed by atoms with van der Waals surface area (Å²) < 4.78 is 6.61. The Morgan fingerprint density at radius 2 is 2.26 bits per heavy atom. The summed E-state index contributed by atoms with van der Waals surface area (Å²) in [4.78, 5) is 0. The van der Waals surface area contributed by atoms with E-state index in [2.05, 4.69) is 28.9 Å². The Morgan fingerprint density at radius 3 is 2.89 bits per heavy atom. The molecule has 0 aliphatic heterocycles. The maximum atomic E-state index is 6.13. The van der Waals surface area contributed by atoms with Gasteiger partial charge in [-0.25, -0.2) is 0 Å². The summed E-state index contributed by atoms with van der Waals surface area (Å²) >= 11 is 3.55. The minimum atomic E-state index is 0.256. The van der Waals surface area contributed by atoms with Crippen LogP contribution in [-0.2, 0) is 6.42 Å². The first kappa shape index (κ1) is 14.9. The maximum Gasteiger partial charge on any atom is 0.122 e. The summed E-state index contributed by atoms with van der Waals surface area (Å²) in [7, 11) is 1.74. The van der Waals surface area contributed by atoms with E-state index in [0.29, 0.717) is 0 Å². The number of halogens is 1. The Labute approximate surface area is 124 Å². The standard InChI is InChI=1S/C16H24BrNO/c1-12-4-3-7-16(9-12,11-18)10-13-8-14(17)5-6-15(13)19-2/h5-6,8,12H,3-4,7,9-11,18H2,1-2H3. The molecule has 0 bridgehead atoms. The van der Waals surface area contributed by atoms with Crippen LogP contribution < -0.4 is 10.5 Å². The lowest BCUT2D eigenvalue weighted by atomic mass is 9.67. The third-order valence-electron chi connectivity index (χ3n) is 4.43. The van der Waals surface area contributed by atoms with Gasteiger partial charge in [0.25, 0.3) is 0 Å². The van der Waals surface area contributed by atoms with Crippen LogP contribution in [0, 0.1) is 11.3 Å². The second-order valence-electron chi connectivity index (χ2n) is 6.04. The van der Waals surface area contributed by atoms with E-state index < -0.39 is 0 Å². The van der Waals surface area contributed by atoms with Crippen LogP contribution in [0.1, 0.15) is 38.2 Å². The van der Waals surface area contributed by atoms with Gasteiger partial charge in [0.1, 0.15) is 5.75 Å². The largest absolute Gasteiger partial charge is 0.496 e. The van der Waals surface area contributed by atoms with Crippen molar-refractivity contribution in [1.29, 1.82) is 0 Å². The van der Waals surface area contributed by atoms with E-state index in [0.717, 1.165) is 29.1 Å². The van der Waals surface area contributed by atoms with Gasteiger partial charge in [-0.2, -0.15) is 0 Å². The zero-order chi connectivity index (χ0) is 13.9. The molecule has 1 saturated carbocycles. The molecular weight excluding hydrogens is 302 g/mol. The van der Waals surface area contributed by atoms with E-state index >= 15 is 0 Å². The van der Waals surface area contributed by atoms with Gasteiger partial charge in [0.2, 0.25) is 0 Å². The maximum absolute atomic E-state index is 6.13. The Morgan fingerprint density at radius 1 is 1.47 bits per heavy atom. The second kappa shape index (κ2) is 6.27. The number of hydrogen-bond acceptors (Lipinski definition) is 2. The van der Waals surface area contributed by atoms with Gasteiger partial charge in [-0.15, -0.1) is 0 Å². The highest BCUT2D eigenvalue weighted by molar-refractivity contribution is 9.10. The summed E-state index contributed by atoms with van der Waals surface area (Å²) in [6, 6.07) is 6.24. The van der Waals surface area contributed by atoms with Gasteiger partial charge in [0.15, 0.2) is 0 Å². The quantitative estimate of drug-likeness (QED) is 0.902. The van der Waals surface area contributed by atoms with Gasteiger partial charge < -0.3 is 10.5 Å². The average molecular weight is 326 g/mol. The third-order valence-corrected chi connectivity index (χ3v) is 4.92. The molecule has 0 aromatic heterocycles. The molecule has 0 saturated heterocycles. The lowest BCUT2D eigenvalue weighted by molar-refractivity contribution is 0.152. The Hall–Kier alpha value is -0.540. The monoisotopic (exact) mass is 325 g/mol. The zero-order valence-electron chi connectivity index (χ0n) is 11.9. The van der Waals surface area contributed by atoms with Crippen molar-refractivity contribution in [3.8, 4) is 5.75 Å². The minimum Gasteiger partial charge on any atom is -0.496 e. The van der Waals surface area contributed by atoms with Crippen molar-refractivity contribution >= 4 is 15.9 Å². The van der Waals surface area contributed by atoms with Crippen LogP contribution in [0.25, 0.3) is 0 Å². The molecule has 1 fully saturated rings. The Bertz CT molecular complexity index is 435. The molecule has 0 spiro atoms. The van der Waals surface area contributed by atoms with E-state index in [4.69, 9.17) is 10.5 Å². The molecule has 0 radical (unpaired) electrons. The van der Waals surface area contributed by atoms with Gasteiger partial charge in [0.05, 0.1) is 7.11 Å². The van der Waals surface area contributed by atoms with E-state index in [-0.39, 0.29) is 5.41 Å². The second-order valence-corrected chi connectivity index (χ2v) is 6.95. The first-order valence-electron chi connectivity index (χ1n) is 7.11. The predicted octanol–water partition coefficient (Wildman–Crippen LogP) is 4.16. The molecule has 2 nitrogen and oxygen atoms in total. The molecule has 19 heavy (non-hydrogen) atoms. The van der Waals surface area contributed by atoms with Gasteiger partial charge in [-0.05, 0) is 60.9 Å². The van der Waals surface area contributed by atoms with Crippen molar-refractivity contribution < 1.29 is 4.74 Å². The molecule has 1 aliphatic rings. The summed E-state index contributed by atoms with van der Waals surface area (Å²) in [5, 5.41) is 0. The topological polar surface area (TPSA) is 35.2 Å². The van der Waals surface area contributed by atoms with E-state index in [1.54, 1.807) is 7.11 Å². The average Bonchev–Trinajstić information content (AvgIpc) is 2.39. The van der Waals surface area contributed by atoms with Gasteiger partial charge >= 0.3 is 0 Å². The molecule has 1 aromatic carbocycles. The number of hydrogen-bond donors (Lipinski definition) is 1. The van der Waals surface area contributed by atoms with E-state index in [1.165, 1.54) is 31.2 Å². The van der Waals surface area contributed by atoms with Crippen molar-refractivity contribution in [2.45, 2.75) is 39.0 Å². The van der Waals surface area contributed by atoms with Crippen molar-refractivity contribution in [1.82, 2.24) is 0 Å². The molecular formula is C16H24BrNO.